The Bertz CT molecular complexity index is 1030. The Kier molecular flexibility index (Phi) is 6.90. The Morgan fingerprint density at radius 2 is 1.97 bits per heavy atom. The lowest BCUT2D eigenvalue weighted by atomic mass is 9.98. The molecule has 1 saturated heterocycles. The molecule has 2 fully saturated rings. The number of carbonyl (C=O) groups is 2. The summed E-state index contributed by atoms with van der Waals surface area (Å²) in [5.41, 5.74) is 5.14. The van der Waals surface area contributed by atoms with Gasteiger partial charge < -0.3 is 14.5 Å². The Hall–Kier alpha value is -3.04. The van der Waals surface area contributed by atoms with Gasteiger partial charge in [0.15, 0.2) is 0 Å². The third-order valence-corrected chi connectivity index (χ3v) is 6.29. The average Bonchev–Trinajstić information content (AvgIpc) is 3.67. The summed E-state index contributed by atoms with van der Waals surface area (Å²) < 4.78 is 18.5. The number of anilines is 1. The number of pyridine rings is 1. The van der Waals surface area contributed by atoms with Crippen LogP contribution in [0.1, 0.15) is 48.2 Å². The van der Waals surface area contributed by atoms with Gasteiger partial charge in [0.2, 0.25) is 5.91 Å². The number of aromatic nitrogens is 1. The molecule has 2 aliphatic rings. The largest absolute Gasteiger partial charge is 0.384 e. The van der Waals surface area contributed by atoms with Crippen LogP contribution in [0.2, 0.25) is 0 Å². The van der Waals surface area contributed by atoms with Crippen molar-refractivity contribution in [3.63, 3.8) is 0 Å². The van der Waals surface area contributed by atoms with Crippen LogP contribution in [-0.2, 0) is 9.53 Å². The van der Waals surface area contributed by atoms with E-state index in [1.165, 1.54) is 12.1 Å². The van der Waals surface area contributed by atoms with Crippen LogP contribution in [0.4, 0.5) is 10.2 Å². The number of ether oxygens (including phenoxy) is 1. The maximum absolute atomic E-state index is 13.5. The van der Waals surface area contributed by atoms with Crippen LogP contribution in [0.5, 0.6) is 0 Å². The minimum Gasteiger partial charge on any atom is -0.384 e. The van der Waals surface area contributed by atoms with E-state index in [9.17, 15) is 14.0 Å². The fraction of sp³-hybridized carbons (Fsp3) is 0.458. The van der Waals surface area contributed by atoms with E-state index in [1.807, 2.05) is 17.9 Å². The van der Waals surface area contributed by atoms with E-state index in [4.69, 9.17) is 15.6 Å². The molecule has 9 heteroatoms. The molecule has 33 heavy (non-hydrogen) atoms. The monoisotopic (exact) mass is 455 g/mol. The molecule has 0 spiro atoms. The summed E-state index contributed by atoms with van der Waals surface area (Å²) >= 11 is 0. The van der Waals surface area contributed by atoms with E-state index >= 15 is 0 Å². The van der Waals surface area contributed by atoms with Gasteiger partial charge >= 0.3 is 0 Å². The predicted octanol–water partition coefficient (Wildman–Crippen LogP) is 2.44. The van der Waals surface area contributed by atoms with Gasteiger partial charge in [-0.3, -0.25) is 15.0 Å². The Labute approximate surface area is 192 Å². The lowest BCUT2D eigenvalue weighted by molar-refractivity contribution is -0.134. The molecule has 1 aliphatic carbocycles. The maximum atomic E-state index is 13.5. The SMILES string of the molecule is COCCC(=O)N1CCN(c2nc(C3CC3)c(-c3ccc(F)cc3)cc2C(=O)NN)C[C@H]1C. The molecule has 0 unspecified atom stereocenters. The van der Waals surface area contributed by atoms with E-state index in [2.05, 4.69) is 10.3 Å². The van der Waals surface area contributed by atoms with Gasteiger partial charge in [-0.2, -0.15) is 0 Å². The summed E-state index contributed by atoms with van der Waals surface area (Å²) in [5.74, 6) is 5.69. The molecule has 1 atom stereocenters. The second kappa shape index (κ2) is 9.84. The number of hydrogen-bond acceptors (Lipinski definition) is 6. The summed E-state index contributed by atoms with van der Waals surface area (Å²) in [6.07, 6.45) is 2.40. The number of halogens is 1. The highest BCUT2D eigenvalue weighted by molar-refractivity contribution is 6.00. The number of methoxy groups -OCH3 is 1. The molecule has 4 rings (SSSR count). The van der Waals surface area contributed by atoms with E-state index in [0.717, 1.165) is 29.7 Å². The summed E-state index contributed by atoms with van der Waals surface area (Å²) in [7, 11) is 1.58. The molecule has 2 amide bonds. The van der Waals surface area contributed by atoms with Crippen molar-refractivity contribution in [2.45, 2.75) is 38.1 Å². The van der Waals surface area contributed by atoms with Crippen molar-refractivity contribution in [3.05, 3.63) is 47.4 Å². The summed E-state index contributed by atoms with van der Waals surface area (Å²) in [6.45, 7) is 4.03. The van der Waals surface area contributed by atoms with E-state index < -0.39 is 5.91 Å². The first kappa shape index (κ1) is 23.1. The molecule has 0 radical (unpaired) electrons. The zero-order valence-corrected chi connectivity index (χ0v) is 19.0. The van der Waals surface area contributed by atoms with Crippen molar-refractivity contribution >= 4 is 17.6 Å². The quantitative estimate of drug-likeness (QED) is 0.378. The average molecular weight is 456 g/mol. The normalized spacial score (nSPS) is 18.4. The molecule has 2 heterocycles. The minimum atomic E-state index is -0.436. The zero-order chi connectivity index (χ0) is 23.5. The van der Waals surface area contributed by atoms with E-state index in [0.29, 0.717) is 50.0 Å². The number of piperazine rings is 1. The van der Waals surface area contributed by atoms with Gasteiger partial charge in [0.05, 0.1) is 24.3 Å². The maximum Gasteiger partial charge on any atom is 0.268 e. The molecule has 176 valence electrons. The standard InChI is InChI=1S/C24H30FN5O3/c1-15-14-29(10-11-30(15)21(31)9-12-33-2)23-20(24(32)28-26)13-19(22(27-23)17-3-4-17)16-5-7-18(25)8-6-16/h5-8,13,15,17H,3-4,9-12,14,26H2,1-2H3,(H,28,32)/t15-/m1/s1. The Morgan fingerprint density at radius 3 is 2.58 bits per heavy atom. The van der Waals surface area contributed by atoms with Gasteiger partial charge in [-0.25, -0.2) is 15.2 Å². The number of rotatable bonds is 7. The Balaban J connectivity index is 1.68. The predicted molar refractivity (Wildman–Crippen MR) is 123 cm³/mol. The summed E-state index contributed by atoms with van der Waals surface area (Å²) in [5, 5.41) is 0. The molecule has 3 N–H and O–H groups in total. The first-order chi connectivity index (χ1) is 15.9. The zero-order valence-electron chi connectivity index (χ0n) is 19.0. The molecule has 0 bridgehead atoms. The van der Waals surface area contributed by atoms with E-state index in [1.54, 1.807) is 19.2 Å². The van der Waals surface area contributed by atoms with Crippen LogP contribution in [0, 0.1) is 5.82 Å². The molecule has 1 saturated carbocycles. The van der Waals surface area contributed by atoms with Crippen molar-refractivity contribution in [1.29, 1.82) is 0 Å². The lowest BCUT2D eigenvalue weighted by Crippen LogP contribution is -2.54. The molecule has 1 aliphatic heterocycles. The fourth-order valence-corrected chi connectivity index (χ4v) is 4.39. The number of benzene rings is 1. The number of hydrogen-bond donors (Lipinski definition) is 2. The van der Waals surface area contributed by atoms with Crippen molar-refractivity contribution < 1.29 is 18.7 Å². The summed E-state index contributed by atoms with van der Waals surface area (Å²) in [4.78, 5) is 34.1. The van der Waals surface area contributed by atoms with Crippen molar-refractivity contribution in [2.24, 2.45) is 5.84 Å². The number of carbonyl (C=O) groups excluding carboxylic acids is 2. The fourth-order valence-electron chi connectivity index (χ4n) is 4.39. The van der Waals surface area contributed by atoms with Gasteiger partial charge in [0.1, 0.15) is 11.6 Å². The van der Waals surface area contributed by atoms with Crippen LogP contribution in [0.3, 0.4) is 0 Å². The molecular weight excluding hydrogens is 425 g/mol. The van der Waals surface area contributed by atoms with Crippen LogP contribution in [0.15, 0.2) is 30.3 Å². The van der Waals surface area contributed by atoms with Crippen molar-refractivity contribution in [3.8, 4) is 11.1 Å². The molecule has 8 nitrogen and oxygen atoms in total. The Morgan fingerprint density at radius 1 is 1.24 bits per heavy atom. The molecule has 1 aromatic carbocycles. The topological polar surface area (TPSA) is 101 Å². The highest BCUT2D eigenvalue weighted by Crippen LogP contribution is 2.45. The third-order valence-electron chi connectivity index (χ3n) is 6.29. The molecule has 2 aromatic rings. The van der Waals surface area contributed by atoms with Crippen molar-refractivity contribution in [1.82, 2.24) is 15.3 Å². The third kappa shape index (κ3) is 4.99. The number of hydrazine groups is 1. The van der Waals surface area contributed by atoms with Crippen LogP contribution >= 0.6 is 0 Å². The van der Waals surface area contributed by atoms with Crippen LogP contribution < -0.4 is 16.2 Å². The minimum absolute atomic E-state index is 0.0418. The molecule has 1 aromatic heterocycles. The first-order valence-electron chi connectivity index (χ1n) is 11.3. The second-order valence-corrected chi connectivity index (χ2v) is 8.67. The second-order valence-electron chi connectivity index (χ2n) is 8.67. The molecular formula is C24H30FN5O3. The van der Waals surface area contributed by atoms with Gasteiger partial charge in [-0.15, -0.1) is 0 Å². The number of nitrogens with zero attached hydrogens (tertiary/aromatic N) is 3. The first-order valence-corrected chi connectivity index (χ1v) is 11.3. The number of amides is 2. The highest BCUT2D eigenvalue weighted by Gasteiger charge is 2.34. The number of nitrogens with one attached hydrogen (secondary N) is 1. The smallest absolute Gasteiger partial charge is 0.268 e. The van der Waals surface area contributed by atoms with Gasteiger partial charge in [-0.1, -0.05) is 12.1 Å². The van der Waals surface area contributed by atoms with Crippen LogP contribution in [-0.4, -0.2) is 61.1 Å². The van der Waals surface area contributed by atoms with Crippen molar-refractivity contribution in [2.75, 3.05) is 38.3 Å². The van der Waals surface area contributed by atoms with Crippen LogP contribution in [0.25, 0.3) is 11.1 Å². The lowest BCUT2D eigenvalue weighted by Gasteiger charge is -2.41. The van der Waals surface area contributed by atoms with Gasteiger partial charge in [0.25, 0.3) is 5.91 Å². The van der Waals surface area contributed by atoms with E-state index in [-0.39, 0.29) is 17.8 Å². The summed E-state index contributed by atoms with van der Waals surface area (Å²) in [6, 6.07) is 7.99. The van der Waals surface area contributed by atoms with Gasteiger partial charge in [-0.05, 0) is 43.5 Å². The number of nitrogen functional groups attached to an aromatic ring is 1. The van der Waals surface area contributed by atoms with Gasteiger partial charge in [0, 0.05) is 44.3 Å². The highest BCUT2D eigenvalue weighted by atomic mass is 19.1. The number of nitrogens with two attached hydrogens (primary N) is 1.